The Morgan fingerprint density at radius 3 is 1.94 bits per heavy atom. The number of aromatic amines is 1. The summed E-state index contributed by atoms with van der Waals surface area (Å²) in [5.41, 5.74) is 2.20. The summed E-state index contributed by atoms with van der Waals surface area (Å²) < 4.78 is 143. The van der Waals surface area contributed by atoms with E-state index in [2.05, 4.69) is 46.3 Å². The molecule has 4 aromatic heterocycles. The Labute approximate surface area is 339 Å². The van der Waals surface area contributed by atoms with E-state index in [1.54, 1.807) is 13.2 Å². The van der Waals surface area contributed by atoms with Gasteiger partial charge in [0.2, 0.25) is 11.7 Å². The Hall–Kier alpha value is -6.31. The number of hydrogen-bond acceptors (Lipinski definition) is 12. The number of likely N-dealkylation sites (tertiary alicyclic amines) is 1. The predicted octanol–water partition coefficient (Wildman–Crippen LogP) is 5.56. The van der Waals surface area contributed by atoms with Gasteiger partial charge in [-0.25, -0.2) is 29.3 Å². The number of ether oxygens (including phenoxy) is 1. The lowest BCUT2D eigenvalue weighted by molar-refractivity contribution is -0.193. The standard InChI is InChI=1S/C27H29F3N10O.3C2HF3O2/c1-32-12-18-10-22(38-25(37-18)27(28,29)30)41-20-4-2-19(3-5-20)39-14-26(15-39,7-8-31)40-13-17(11-36-40)23-21-6-9-33-24(21)35-16-34-23;3*3-2(4,5)1(6)7/h6,9-11,13,16,19-20,32H,2-5,7,12,14-15H2,1H3,(H,33,34,35);3*(H,6,7)/t19-,20+;;;. The third-order valence-electron chi connectivity index (χ3n) is 8.64. The van der Waals surface area contributed by atoms with E-state index in [-0.39, 0.29) is 24.2 Å². The second kappa shape index (κ2) is 20.0. The molecule has 0 amide bonds. The first kappa shape index (κ1) is 50.0. The molecular weight excluding hydrogens is 876 g/mol. The molecule has 1 saturated heterocycles. The smallest absolute Gasteiger partial charge is 0.475 e. The molecule has 2 aliphatic rings. The van der Waals surface area contributed by atoms with Crippen molar-refractivity contribution in [1.29, 1.82) is 5.26 Å². The molecule has 5 heterocycles. The monoisotopic (exact) mass is 908 g/mol. The van der Waals surface area contributed by atoms with Crippen molar-refractivity contribution in [2.45, 2.75) is 81.0 Å². The fraction of sp³-hybridized carbons (Fsp3) is 0.485. The van der Waals surface area contributed by atoms with Gasteiger partial charge in [-0.05, 0) is 38.8 Å². The molecule has 340 valence electrons. The lowest BCUT2D eigenvalue weighted by atomic mass is 9.82. The Bertz CT molecular complexity index is 2130. The number of aromatic nitrogens is 7. The van der Waals surface area contributed by atoms with E-state index in [1.165, 1.54) is 12.4 Å². The number of carbonyl (C=O) groups is 3. The van der Waals surface area contributed by atoms with Crippen LogP contribution in [0.3, 0.4) is 0 Å². The number of aliphatic carboxylic acids is 3. The van der Waals surface area contributed by atoms with Crippen molar-refractivity contribution in [2.24, 2.45) is 0 Å². The number of nitrogens with zero attached hydrogens (tertiary/aromatic N) is 8. The van der Waals surface area contributed by atoms with Crippen molar-refractivity contribution in [3.8, 4) is 23.2 Å². The van der Waals surface area contributed by atoms with Crippen LogP contribution in [0.5, 0.6) is 5.88 Å². The van der Waals surface area contributed by atoms with Crippen LogP contribution in [0.2, 0.25) is 0 Å². The second-order valence-corrected chi connectivity index (χ2v) is 13.1. The average Bonchev–Trinajstić information content (AvgIpc) is 3.84. The lowest BCUT2D eigenvalue weighted by Crippen LogP contribution is -2.65. The summed E-state index contributed by atoms with van der Waals surface area (Å²) in [7, 11) is 1.64. The predicted molar refractivity (Wildman–Crippen MR) is 182 cm³/mol. The zero-order chi connectivity index (χ0) is 46.8. The molecule has 0 atom stereocenters. The van der Waals surface area contributed by atoms with Crippen LogP contribution >= 0.6 is 0 Å². The largest absolute Gasteiger partial charge is 0.490 e. The highest BCUT2D eigenvalue weighted by atomic mass is 19.4. The highest BCUT2D eigenvalue weighted by Crippen LogP contribution is 2.39. The summed E-state index contributed by atoms with van der Waals surface area (Å²) in [5.74, 6) is -9.51. The Morgan fingerprint density at radius 2 is 1.45 bits per heavy atom. The van der Waals surface area contributed by atoms with Crippen LogP contribution in [0.4, 0.5) is 52.7 Å². The molecule has 2 fully saturated rings. The minimum Gasteiger partial charge on any atom is -0.475 e. The number of halogens is 12. The minimum atomic E-state index is -5.08. The first-order valence-corrected chi connectivity index (χ1v) is 17.2. The van der Waals surface area contributed by atoms with Gasteiger partial charge in [-0.1, -0.05) is 0 Å². The molecule has 0 aromatic carbocycles. The number of fused-ring (bicyclic) bond motifs is 1. The van der Waals surface area contributed by atoms with Gasteiger partial charge in [0.05, 0.1) is 30.1 Å². The van der Waals surface area contributed by atoms with E-state index in [0.717, 1.165) is 35.1 Å². The highest BCUT2D eigenvalue weighted by Gasteiger charge is 2.48. The van der Waals surface area contributed by atoms with Crippen LogP contribution in [0, 0.1) is 11.3 Å². The Morgan fingerprint density at radius 1 is 0.903 bits per heavy atom. The quantitative estimate of drug-likeness (QED) is 0.136. The van der Waals surface area contributed by atoms with Crippen molar-refractivity contribution < 1.29 is 87.1 Å². The molecule has 0 radical (unpaired) electrons. The molecular formula is C33H32F12N10O7. The number of alkyl halides is 12. The van der Waals surface area contributed by atoms with Crippen LogP contribution in [0.15, 0.2) is 37.1 Å². The summed E-state index contributed by atoms with van der Waals surface area (Å²) >= 11 is 0. The van der Waals surface area contributed by atoms with Crippen molar-refractivity contribution in [3.63, 3.8) is 0 Å². The molecule has 5 N–H and O–H groups in total. The van der Waals surface area contributed by atoms with E-state index in [4.69, 9.17) is 34.4 Å². The topological polar surface area (TPSA) is 245 Å². The number of rotatable bonds is 8. The van der Waals surface area contributed by atoms with Crippen molar-refractivity contribution in [2.75, 3.05) is 20.1 Å². The van der Waals surface area contributed by atoms with Gasteiger partial charge < -0.3 is 30.4 Å². The fourth-order valence-corrected chi connectivity index (χ4v) is 5.89. The van der Waals surface area contributed by atoms with Gasteiger partial charge in [0.1, 0.15) is 23.6 Å². The summed E-state index contributed by atoms with van der Waals surface area (Å²) in [5, 5.41) is 39.4. The molecule has 1 aliphatic carbocycles. The van der Waals surface area contributed by atoms with E-state index in [9.17, 15) is 57.9 Å². The molecule has 0 bridgehead atoms. The third kappa shape index (κ3) is 13.9. The average molecular weight is 909 g/mol. The van der Waals surface area contributed by atoms with E-state index < -0.39 is 54.0 Å². The summed E-state index contributed by atoms with van der Waals surface area (Å²) in [4.78, 5) is 48.1. The van der Waals surface area contributed by atoms with Gasteiger partial charge in [-0.2, -0.15) is 68.0 Å². The second-order valence-electron chi connectivity index (χ2n) is 13.1. The SMILES string of the molecule is CNCc1cc(O[C@H]2CC[C@@H](N3CC(CC#N)(n4cc(-c5ncnc6[nH]ccc56)cn4)C3)CC2)nc(C(F)(F)F)n1.O=C(O)C(F)(F)F.O=C(O)C(F)(F)F.O=C(O)C(F)(F)F. The van der Waals surface area contributed by atoms with Crippen LogP contribution in [0.25, 0.3) is 22.3 Å². The van der Waals surface area contributed by atoms with Crippen molar-refractivity contribution >= 4 is 28.9 Å². The first-order valence-electron chi connectivity index (χ1n) is 17.2. The minimum absolute atomic E-state index is 0.0481. The highest BCUT2D eigenvalue weighted by molar-refractivity contribution is 5.90. The van der Waals surface area contributed by atoms with Crippen molar-refractivity contribution in [1.82, 2.24) is 44.9 Å². The number of nitriles is 1. The van der Waals surface area contributed by atoms with E-state index in [1.807, 2.05) is 23.1 Å². The number of nitrogens with one attached hydrogen (secondary N) is 2. The third-order valence-corrected chi connectivity index (χ3v) is 8.64. The fourth-order valence-electron chi connectivity index (χ4n) is 5.89. The van der Waals surface area contributed by atoms with Gasteiger partial charge in [-0.3, -0.25) is 9.58 Å². The maximum atomic E-state index is 13.3. The molecule has 1 saturated carbocycles. The van der Waals surface area contributed by atoms with E-state index in [0.29, 0.717) is 38.4 Å². The van der Waals surface area contributed by atoms with Gasteiger partial charge in [0.15, 0.2) is 0 Å². The lowest BCUT2D eigenvalue weighted by Gasteiger charge is -2.53. The van der Waals surface area contributed by atoms with Gasteiger partial charge in [0, 0.05) is 55.1 Å². The molecule has 4 aromatic rings. The summed E-state index contributed by atoms with van der Waals surface area (Å²) in [6.07, 6.45) is -9.65. The zero-order valence-electron chi connectivity index (χ0n) is 31.4. The Balaban J connectivity index is 0.000000403. The zero-order valence-corrected chi connectivity index (χ0v) is 31.4. The normalized spacial score (nSPS) is 17.7. The number of carboxylic acids is 3. The molecule has 29 heteroatoms. The molecule has 0 spiro atoms. The molecule has 17 nitrogen and oxygen atoms in total. The van der Waals surface area contributed by atoms with Gasteiger partial charge >= 0.3 is 42.6 Å². The maximum Gasteiger partial charge on any atom is 0.490 e. The summed E-state index contributed by atoms with van der Waals surface area (Å²) in [6, 6.07) is 6.03. The molecule has 1 aliphatic heterocycles. The number of H-pyrrole nitrogens is 1. The van der Waals surface area contributed by atoms with E-state index >= 15 is 0 Å². The number of carboxylic acid groups (broad SMARTS) is 3. The van der Waals surface area contributed by atoms with Gasteiger partial charge in [0.25, 0.3) is 0 Å². The van der Waals surface area contributed by atoms with Crippen molar-refractivity contribution in [3.05, 3.63) is 48.6 Å². The summed E-state index contributed by atoms with van der Waals surface area (Å²) in [6.45, 7) is 1.56. The van der Waals surface area contributed by atoms with Crippen LogP contribution in [-0.2, 0) is 32.6 Å². The van der Waals surface area contributed by atoms with Gasteiger partial charge in [-0.15, -0.1) is 0 Å². The molecule has 6 rings (SSSR count). The van der Waals surface area contributed by atoms with Crippen LogP contribution < -0.4 is 10.1 Å². The van der Waals surface area contributed by atoms with Crippen LogP contribution in [0.1, 0.15) is 43.6 Å². The first-order chi connectivity index (χ1) is 28.6. The molecule has 62 heavy (non-hydrogen) atoms. The maximum absolute atomic E-state index is 13.3. The Kier molecular flexibility index (Phi) is 16.2. The molecule has 0 unspecified atom stereocenters. The number of hydrogen-bond donors (Lipinski definition) is 5. The van der Waals surface area contributed by atoms with Crippen LogP contribution in [-0.4, -0.2) is 124 Å².